The molecule has 0 saturated heterocycles. The van der Waals surface area contributed by atoms with Gasteiger partial charge in [-0.05, 0) is 84.5 Å². The van der Waals surface area contributed by atoms with Crippen LogP contribution in [0.15, 0.2) is 65.8 Å². The smallest absolute Gasteiger partial charge is 0.331 e. The summed E-state index contributed by atoms with van der Waals surface area (Å²) in [4.78, 5) is 18.5. The maximum absolute atomic E-state index is 13.9. The van der Waals surface area contributed by atoms with E-state index < -0.39 is 0 Å². The first-order chi connectivity index (χ1) is 18.5. The summed E-state index contributed by atoms with van der Waals surface area (Å²) in [7, 11) is 0. The topological polar surface area (TPSA) is 99.2 Å². The number of nitrogens with one attached hydrogen (secondary N) is 1. The predicted molar refractivity (Wildman–Crippen MR) is 148 cm³/mol. The maximum Gasteiger partial charge on any atom is 0.334 e. The van der Waals surface area contributed by atoms with Crippen LogP contribution in [0.5, 0.6) is 0 Å². The van der Waals surface area contributed by atoms with E-state index in [-0.39, 0.29) is 11.7 Å². The minimum Gasteiger partial charge on any atom is -0.331 e. The van der Waals surface area contributed by atoms with E-state index in [1.807, 2.05) is 45.7 Å². The molecule has 0 aliphatic carbocycles. The van der Waals surface area contributed by atoms with Gasteiger partial charge in [0, 0.05) is 35.9 Å². The molecule has 5 rings (SSSR count). The highest BCUT2D eigenvalue weighted by atomic mass is 16.1. The Hall–Kier alpha value is -4.27. The van der Waals surface area contributed by atoms with E-state index in [4.69, 9.17) is 0 Å². The van der Waals surface area contributed by atoms with Crippen molar-refractivity contribution in [3.8, 4) is 28.3 Å². The first kappa shape index (κ1) is 25.4. The van der Waals surface area contributed by atoms with Crippen molar-refractivity contribution in [3.63, 3.8) is 0 Å². The standard InChI is InChI=1S/C29H34N8O/c1-5-7-11-26-19-37(28-21(6-2)13-15-35(28)20(3)4)29(38)36(26)18-25-17-23(12-14-30-25)22-9-8-10-24(16-22)27-31-33-34-32-27/h8-10,12-17,19-20H,5-7,11,18H2,1-4H3,(H,31,32,33,34). The highest BCUT2D eigenvalue weighted by molar-refractivity contribution is 5.70. The van der Waals surface area contributed by atoms with Gasteiger partial charge in [0.15, 0.2) is 5.82 Å². The van der Waals surface area contributed by atoms with E-state index in [1.165, 1.54) is 5.56 Å². The van der Waals surface area contributed by atoms with Gasteiger partial charge in [-0.25, -0.2) is 9.89 Å². The Labute approximate surface area is 222 Å². The molecule has 0 amide bonds. The Balaban J connectivity index is 1.53. The number of unbranched alkanes of at least 4 members (excludes halogenated alkanes) is 1. The molecule has 0 saturated carbocycles. The second-order valence-corrected chi connectivity index (χ2v) is 9.85. The van der Waals surface area contributed by atoms with Gasteiger partial charge in [-0.1, -0.05) is 38.5 Å². The summed E-state index contributed by atoms with van der Waals surface area (Å²) < 4.78 is 5.90. The average Bonchev–Trinajstić information content (AvgIpc) is 3.68. The summed E-state index contributed by atoms with van der Waals surface area (Å²) in [5.41, 5.74) is 5.96. The molecular formula is C29H34N8O. The van der Waals surface area contributed by atoms with Crippen LogP contribution in [0, 0.1) is 0 Å². The Morgan fingerprint density at radius 2 is 1.84 bits per heavy atom. The third-order valence-electron chi connectivity index (χ3n) is 6.93. The molecule has 38 heavy (non-hydrogen) atoms. The number of imidazole rings is 1. The molecule has 4 aromatic heterocycles. The van der Waals surface area contributed by atoms with Crippen molar-refractivity contribution in [3.05, 3.63) is 88.5 Å². The molecule has 5 aromatic rings. The molecule has 0 atom stereocenters. The minimum absolute atomic E-state index is 0.0292. The monoisotopic (exact) mass is 510 g/mol. The summed E-state index contributed by atoms with van der Waals surface area (Å²) >= 11 is 0. The van der Waals surface area contributed by atoms with Crippen molar-refractivity contribution in [1.29, 1.82) is 0 Å². The quantitative estimate of drug-likeness (QED) is 0.278. The summed E-state index contributed by atoms with van der Waals surface area (Å²) in [6, 6.07) is 14.5. The molecule has 9 heteroatoms. The van der Waals surface area contributed by atoms with Crippen LogP contribution in [0.4, 0.5) is 0 Å². The molecule has 4 heterocycles. The number of aryl methyl sites for hydroxylation is 2. The fourth-order valence-electron chi connectivity index (χ4n) is 4.89. The summed E-state index contributed by atoms with van der Waals surface area (Å²) in [5, 5.41) is 14.2. The lowest BCUT2D eigenvalue weighted by molar-refractivity contribution is 0.581. The van der Waals surface area contributed by atoms with Gasteiger partial charge in [0.05, 0.1) is 12.2 Å². The second-order valence-electron chi connectivity index (χ2n) is 9.85. The van der Waals surface area contributed by atoms with Crippen LogP contribution in [-0.4, -0.2) is 39.3 Å². The summed E-state index contributed by atoms with van der Waals surface area (Å²) in [6.07, 6.45) is 9.71. The Bertz CT molecular complexity index is 1570. The van der Waals surface area contributed by atoms with Crippen molar-refractivity contribution < 1.29 is 0 Å². The number of aromatic nitrogens is 8. The van der Waals surface area contributed by atoms with Gasteiger partial charge in [-0.15, -0.1) is 5.10 Å². The van der Waals surface area contributed by atoms with Crippen LogP contribution in [0.25, 0.3) is 28.3 Å². The number of hydrogen-bond donors (Lipinski definition) is 1. The van der Waals surface area contributed by atoms with Crippen LogP contribution >= 0.6 is 0 Å². The first-order valence-electron chi connectivity index (χ1n) is 13.3. The summed E-state index contributed by atoms with van der Waals surface area (Å²) in [6.45, 7) is 9.01. The number of pyridine rings is 1. The van der Waals surface area contributed by atoms with E-state index in [9.17, 15) is 4.79 Å². The number of aromatic amines is 1. The largest absolute Gasteiger partial charge is 0.334 e. The molecule has 1 aromatic carbocycles. The van der Waals surface area contributed by atoms with Gasteiger partial charge < -0.3 is 4.57 Å². The minimum atomic E-state index is -0.0292. The lowest BCUT2D eigenvalue weighted by Crippen LogP contribution is -2.27. The van der Waals surface area contributed by atoms with Crippen LogP contribution in [0.1, 0.15) is 63.5 Å². The highest BCUT2D eigenvalue weighted by Gasteiger charge is 2.19. The molecule has 0 fully saturated rings. The number of benzene rings is 1. The van der Waals surface area contributed by atoms with E-state index in [1.54, 1.807) is 6.20 Å². The third-order valence-corrected chi connectivity index (χ3v) is 6.93. The molecule has 0 aliphatic heterocycles. The number of H-pyrrole nitrogens is 1. The SMILES string of the molecule is CCCCc1cn(-c2c(CC)ccn2C(C)C)c(=O)n1Cc1cc(-c2cccc(-c3nnn[nH]3)c2)ccn1. The van der Waals surface area contributed by atoms with E-state index in [0.717, 1.165) is 59.6 Å². The van der Waals surface area contributed by atoms with Gasteiger partial charge in [-0.3, -0.25) is 14.1 Å². The van der Waals surface area contributed by atoms with Crippen LogP contribution in [0.3, 0.4) is 0 Å². The zero-order chi connectivity index (χ0) is 26.6. The number of rotatable bonds is 10. The van der Waals surface area contributed by atoms with Crippen molar-refractivity contribution >= 4 is 0 Å². The molecular weight excluding hydrogens is 476 g/mol. The molecule has 0 aliphatic rings. The maximum atomic E-state index is 13.9. The Morgan fingerprint density at radius 1 is 1.03 bits per heavy atom. The van der Waals surface area contributed by atoms with E-state index in [0.29, 0.717) is 12.4 Å². The molecule has 196 valence electrons. The molecule has 0 bridgehead atoms. The van der Waals surface area contributed by atoms with Gasteiger partial charge in [0.2, 0.25) is 0 Å². The Morgan fingerprint density at radius 3 is 2.58 bits per heavy atom. The third kappa shape index (κ3) is 4.96. The van der Waals surface area contributed by atoms with Crippen molar-refractivity contribution in [2.75, 3.05) is 0 Å². The number of tetrazole rings is 1. The lowest BCUT2D eigenvalue weighted by atomic mass is 10.0. The number of hydrogen-bond acceptors (Lipinski definition) is 5. The molecule has 9 nitrogen and oxygen atoms in total. The summed E-state index contributed by atoms with van der Waals surface area (Å²) in [5.74, 6) is 1.58. The number of nitrogens with zero attached hydrogens (tertiary/aromatic N) is 7. The van der Waals surface area contributed by atoms with Crippen molar-refractivity contribution in [1.82, 2.24) is 39.3 Å². The first-order valence-corrected chi connectivity index (χ1v) is 13.3. The van der Waals surface area contributed by atoms with Gasteiger partial charge in [0.1, 0.15) is 5.82 Å². The van der Waals surface area contributed by atoms with E-state index >= 15 is 0 Å². The van der Waals surface area contributed by atoms with Crippen LogP contribution in [0.2, 0.25) is 0 Å². The van der Waals surface area contributed by atoms with E-state index in [2.05, 4.69) is 76.2 Å². The highest BCUT2D eigenvalue weighted by Crippen LogP contribution is 2.25. The van der Waals surface area contributed by atoms with Crippen LogP contribution in [-0.2, 0) is 19.4 Å². The second kappa shape index (κ2) is 11.0. The molecule has 0 radical (unpaired) electrons. The lowest BCUT2D eigenvalue weighted by Gasteiger charge is -2.14. The fraction of sp³-hybridized carbons (Fsp3) is 0.345. The normalized spacial score (nSPS) is 11.5. The van der Waals surface area contributed by atoms with Crippen molar-refractivity contribution in [2.45, 2.75) is 66.0 Å². The molecule has 0 spiro atoms. The van der Waals surface area contributed by atoms with Gasteiger partial charge in [0.25, 0.3) is 0 Å². The van der Waals surface area contributed by atoms with Crippen molar-refractivity contribution in [2.24, 2.45) is 0 Å². The molecule has 0 unspecified atom stereocenters. The predicted octanol–water partition coefficient (Wildman–Crippen LogP) is 5.22. The fourth-order valence-corrected chi connectivity index (χ4v) is 4.89. The zero-order valence-electron chi connectivity index (χ0n) is 22.4. The average molecular weight is 511 g/mol. The van der Waals surface area contributed by atoms with Gasteiger partial charge in [-0.2, -0.15) is 0 Å². The zero-order valence-corrected chi connectivity index (χ0v) is 22.4. The van der Waals surface area contributed by atoms with Crippen LogP contribution < -0.4 is 5.69 Å². The molecule has 1 N–H and O–H groups in total. The van der Waals surface area contributed by atoms with Gasteiger partial charge >= 0.3 is 5.69 Å². The Kier molecular flexibility index (Phi) is 7.35.